The number of aromatic hydroxyl groups is 1. The van der Waals surface area contributed by atoms with Crippen LogP contribution in [0.5, 0.6) is 5.75 Å². The number of unbranched alkanes of at least 4 members (excludes halogenated alkanes) is 2. The Morgan fingerprint density at radius 3 is 2.22 bits per heavy atom. The molecule has 0 aliphatic rings. The average Bonchev–Trinajstić information content (AvgIpc) is 2.30. The second kappa shape index (κ2) is 9.38. The first-order valence-electron chi connectivity index (χ1n) is 5.92. The second-order valence-corrected chi connectivity index (χ2v) is 3.93. The van der Waals surface area contributed by atoms with Gasteiger partial charge in [-0.2, -0.15) is 0 Å². The van der Waals surface area contributed by atoms with Crippen LogP contribution in [0, 0.1) is 10.1 Å². The van der Waals surface area contributed by atoms with Gasteiger partial charge in [-0.25, -0.2) is 0 Å². The lowest BCUT2D eigenvalue weighted by Gasteiger charge is -2.01. The molecule has 1 aromatic carbocycles. The van der Waals surface area contributed by atoms with E-state index < -0.39 is 4.92 Å². The van der Waals surface area contributed by atoms with Gasteiger partial charge in [-0.3, -0.25) is 10.1 Å². The molecule has 1 rings (SSSR count). The van der Waals surface area contributed by atoms with Crippen molar-refractivity contribution in [3.05, 3.63) is 34.4 Å². The Morgan fingerprint density at radius 1 is 1.28 bits per heavy atom. The third-order valence-corrected chi connectivity index (χ3v) is 2.20. The Morgan fingerprint density at radius 2 is 1.83 bits per heavy atom. The van der Waals surface area contributed by atoms with E-state index in [1.165, 1.54) is 43.5 Å². The van der Waals surface area contributed by atoms with Gasteiger partial charge in [0.25, 0.3) is 5.69 Å². The maximum absolute atomic E-state index is 10.0. The SMILES string of the molecule is CCCCCC(N)N.O=[N+]([O-])c1ccc(O)cc1. The number of rotatable bonds is 5. The van der Waals surface area contributed by atoms with Crippen LogP contribution in [0.3, 0.4) is 0 Å². The Balaban J connectivity index is 0.000000331. The van der Waals surface area contributed by atoms with Crippen molar-refractivity contribution >= 4 is 5.69 Å². The summed E-state index contributed by atoms with van der Waals surface area (Å²) < 4.78 is 0. The Labute approximate surface area is 107 Å². The molecule has 0 fully saturated rings. The summed E-state index contributed by atoms with van der Waals surface area (Å²) in [4.78, 5) is 9.52. The third-order valence-electron chi connectivity index (χ3n) is 2.20. The normalized spacial score (nSPS) is 9.78. The molecule has 0 aromatic heterocycles. The molecule has 0 atom stereocenters. The van der Waals surface area contributed by atoms with Crippen molar-refractivity contribution in [2.75, 3.05) is 0 Å². The topological polar surface area (TPSA) is 115 Å². The van der Waals surface area contributed by atoms with Crippen molar-refractivity contribution in [3.8, 4) is 5.75 Å². The fourth-order valence-electron chi connectivity index (χ4n) is 1.20. The number of nitrogens with zero attached hydrogens (tertiary/aromatic N) is 1. The van der Waals surface area contributed by atoms with Crippen LogP contribution in [0.15, 0.2) is 24.3 Å². The molecule has 0 unspecified atom stereocenters. The first kappa shape index (κ1) is 16.3. The molecule has 0 bridgehead atoms. The maximum atomic E-state index is 10.0. The number of nitro groups is 1. The summed E-state index contributed by atoms with van der Waals surface area (Å²) in [5, 5.41) is 18.8. The molecule has 102 valence electrons. The largest absolute Gasteiger partial charge is 0.508 e. The van der Waals surface area contributed by atoms with Gasteiger partial charge in [-0.05, 0) is 18.6 Å². The molecular weight excluding hydrogens is 234 g/mol. The number of phenolic OH excluding ortho intramolecular Hbond substituents is 1. The summed E-state index contributed by atoms with van der Waals surface area (Å²) in [5.74, 6) is 0.0330. The third kappa shape index (κ3) is 8.49. The van der Waals surface area contributed by atoms with Gasteiger partial charge in [-0.1, -0.05) is 26.2 Å². The summed E-state index contributed by atoms with van der Waals surface area (Å²) in [6, 6.07) is 5.04. The number of nitro benzene ring substituents is 1. The number of non-ortho nitro benzene ring substituents is 1. The first-order valence-corrected chi connectivity index (χ1v) is 5.92. The van der Waals surface area contributed by atoms with Gasteiger partial charge in [0.1, 0.15) is 5.75 Å². The van der Waals surface area contributed by atoms with Gasteiger partial charge in [0.05, 0.1) is 11.1 Å². The van der Waals surface area contributed by atoms with E-state index in [1.54, 1.807) is 0 Å². The molecular formula is C12H21N3O3. The van der Waals surface area contributed by atoms with Crippen LogP contribution in [0.2, 0.25) is 0 Å². The average molecular weight is 255 g/mol. The number of hydrogen-bond acceptors (Lipinski definition) is 5. The number of phenols is 1. The smallest absolute Gasteiger partial charge is 0.269 e. The Kier molecular flexibility index (Phi) is 8.51. The van der Waals surface area contributed by atoms with E-state index >= 15 is 0 Å². The van der Waals surface area contributed by atoms with E-state index in [9.17, 15) is 10.1 Å². The quantitative estimate of drug-likeness (QED) is 0.322. The van der Waals surface area contributed by atoms with Gasteiger partial charge in [-0.15, -0.1) is 0 Å². The van der Waals surface area contributed by atoms with E-state index in [4.69, 9.17) is 16.6 Å². The zero-order valence-corrected chi connectivity index (χ0v) is 10.6. The minimum Gasteiger partial charge on any atom is -0.508 e. The van der Waals surface area contributed by atoms with Crippen molar-refractivity contribution in [3.63, 3.8) is 0 Å². The zero-order chi connectivity index (χ0) is 14.0. The van der Waals surface area contributed by atoms with Crippen LogP contribution < -0.4 is 11.5 Å². The summed E-state index contributed by atoms with van der Waals surface area (Å²) in [6.45, 7) is 2.17. The Hall–Kier alpha value is -1.66. The van der Waals surface area contributed by atoms with E-state index in [1.807, 2.05) is 0 Å². The second-order valence-electron chi connectivity index (χ2n) is 3.93. The first-order chi connectivity index (χ1) is 8.47. The van der Waals surface area contributed by atoms with Gasteiger partial charge in [0, 0.05) is 12.1 Å². The standard InChI is InChI=1S/C6H16N2.C6H5NO3/c1-2-3-4-5-6(7)8;8-6-3-1-5(2-4-6)7(9)10/h6H,2-5,7-8H2,1H3;1-4,8H. The van der Waals surface area contributed by atoms with Crippen LogP contribution in [-0.2, 0) is 0 Å². The summed E-state index contributed by atoms with van der Waals surface area (Å²) >= 11 is 0. The predicted octanol–water partition coefficient (Wildman–Crippen LogP) is 2.11. The van der Waals surface area contributed by atoms with Crippen LogP contribution in [0.1, 0.15) is 32.6 Å². The van der Waals surface area contributed by atoms with Gasteiger partial charge in [0.2, 0.25) is 0 Å². The highest BCUT2D eigenvalue weighted by atomic mass is 16.6. The fraction of sp³-hybridized carbons (Fsp3) is 0.500. The molecule has 18 heavy (non-hydrogen) atoms. The molecule has 0 saturated carbocycles. The van der Waals surface area contributed by atoms with Crippen LogP contribution >= 0.6 is 0 Å². The van der Waals surface area contributed by atoms with Crippen LogP contribution in [0.25, 0.3) is 0 Å². The number of benzene rings is 1. The Bertz CT molecular complexity index is 339. The predicted molar refractivity (Wildman–Crippen MR) is 71.1 cm³/mol. The van der Waals surface area contributed by atoms with E-state index in [2.05, 4.69) is 6.92 Å². The summed E-state index contributed by atoms with van der Waals surface area (Å²) in [7, 11) is 0. The highest BCUT2D eigenvalue weighted by Crippen LogP contribution is 2.14. The molecule has 1 aromatic rings. The molecule has 0 saturated heterocycles. The van der Waals surface area contributed by atoms with Crippen molar-refractivity contribution in [2.24, 2.45) is 11.5 Å². The molecule has 0 heterocycles. The minimum atomic E-state index is -0.514. The van der Waals surface area contributed by atoms with Gasteiger partial charge in [0.15, 0.2) is 0 Å². The van der Waals surface area contributed by atoms with E-state index in [0.29, 0.717) is 0 Å². The number of hydrogen-bond donors (Lipinski definition) is 3. The zero-order valence-electron chi connectivity index (χ0n) is 10.6. The highest BCUT2D eigenvalue weighted by molar-refractivity contribution is 5.34. The van der Waals surface area contributed by atoms with Crippen molar-refractivity contribution < 1.29 is 10.0 Å². The van der Waals surface area contributed by atoms with Gasteiger partial charge >= 0.3 is 0 Å². The molecule has 0 radical (unpaired) electrons. The van der Waals surface area contributed by atoms with Gasteiger partial charge < -0.3 is 16.6 Å². The molecule has 0 aliphatic heterocycles. The monoisotopic (exact) mass is 255 g/mol. The van der Waals surface area contributed by atoms with Crippen molar-refractivity contribution in [1.29, 1.82) is 0 Å². The van der Waals surface area contributed by atoms with E-state index in [-0.39, 0.29) is 17.6 Å². The molecule has 6 nitrogen and oxygen atoms in total. The van der Waals surface area contributed by atoms with E-state index in [0.717, 1.165) is 6.42 Å². The van der Waals surface area contributed by atoms with Crippen LogP contribution in [0.4, 0.5) is 5.69 Å². The molecule has 6 heteroatoms. The molecule has 0 spiro atoms. The lowest BCUT2D eigenvalue weighted by molar-refractivity contribution is -0.384. The fourth-order valence-corrected chi connectivity index (χ4v) is 1.20. The number of nitrogens with two attached hydrogens (primary N) is 2. The lowest BCUT2D eigenvalue weighted by atomic mass is 10.2. The van der Waals surface area contributed by atoms with Crippen LogP contribution in [-0.4, -0.2) is 16.2 Å². The minimum absolute atomic E-state index is 0.0159. The summed E-state index contributed by atoms with van der Waals surface area (Å²) in [5.41, 5.74) is 10.6. The molecule has 5 N–H and O–H groups in total. The summed E-state index contributed by atoms with van der Waals surface area (Å²) in [6.07, 6.45) is 4.54. The highest BCUT2D eigenvalue weighted by Gasteiger charge is 2.01. The lowest BCUT2D eigenvalue weighted by Crippen LogP contribution is -2.29. The van der Waals surface area contributed by atoms with Crippen molar-refractivity contribution in [2.45, 2.75) is 38.8 Å². The van der Waals surface area contributed by atoms with Crippen molar-refractivity contribution in [1.82, 2.24) is 0 Å². The molecule has 0 aliphatic carbocycles. The maximum Gasteiger partial charge on any atom is 0.269 e. The molecule has 0 amide bonds.